The van der Waals surface area contributed by atoms with Crippen LogP contribution in [0.2, 0.25) is 0 Å². The lowest BCUT2D eigenvalue weighted by Crippen LogP contribution is -2.26. The predicted molar refractivity (Wildman–Crippen MR) is 54.3 cm³/mol. The van der Waals surface area contributed by atoms with Crippen LogP contribution in [-0.2, 0) is 4.79 Å². The van der Waals surface area contributed by atoms with Gasteiger partial charge in [-0.1, -0.05) is 0 Å². The molecule has 3 nitrogen and oxygen atoms in total. The number of carbonyl (C=O) groups is 1. The number of hydrogen-bond acceptors (Lipinski definition) is 3. The number of nitrogens with zero attached hydrogens (tertiary/aromatic N) is 2. The Hall–Kier alpha value is -1.30. The van der Waals surface area contributed by atoms with Crippen molar-refractivity contribution in [2.75, 3.05) is 13.1 Å². The summed E-state index contributed by atoms with van der Waals surface area (Å²) in [7, 11) is 0. The molecule has 0 N–H and O–H groups in total. The number of rotatable bonds is 4. The van der Waals surface area contributed by atoms with Gasteiger partial charge in [0.15, 0.2) is 5.78 Å². The van der Waals surface area contributed by atoms with Crippen LogP contribution in [0, 0.1) is 17.2 Å². The van der Waals surface area contributed by atoms with Crippen molar-refractivity contribution in [3.8, 4) is 6.07 Å². The van der Waals surface area contributed by atoms with Gasteiger partial charge in [-0.05, 0) is 20.3 Å². The standard InChI is InChI=1S/C11H16N2O/c1-3-13(8-9(2)7-12)10-4-5-11(14)6-10/h6,9H,3-5,8H2,1-2H3. The van der Waals surface area contributed by atoms with Crippen LogP contribution in [0.3, 0.4) is 0 Å². The van der Waals surface area contributed by atoms with Crippen molar-refractivity contribution in [1.29, 1.82) is 5.26 Å². The van der Waals surface area contributed by atoms with Gasteiger partial charge in [-0.25, -0.2) is 0 Å². The second-order valence-corrected chi connectivity index (χ2v) is 3.67. The third-order valence-electron chi connectivity index (χ3n) is 2.46. The van der Waals surface area contributed by atoms with Crippen LogP contribution >= 0.6 is 0 Å². The fourth-order valence-corrected chi connectivity index (χ4v) is 1.65. The molecule has 0 aromatic rings. The first kappa shape index (κ1) is 10.8. The second kappa shape index (κ2) is 4.80. The van der Waals surface area contributed by atoms with E-state index < -0.39 is 0 Å². The monoisotopic (exact) mass is 192 g/mol. The van der Waals surface area contributed by atoms with Crippen molar-refractivity contribution in [2.24, 2.45) is 5.92 Å². The van der Waals surface area contributed by atoms with E-state index in [-0.39, 0.29) is 11.7 Å². The summed E-state index contributed by atoms with van der Waals surface area (Å²) in [6.07, 6.45) is 3.19. The van der Waals surface area contributed by atoms with Crippen LogP contribution in [0.5, 0.6) is 0 Å². The zero-order chi connectivity index (χ0) is 10.6. The number of allylic oxidation sites excluding steroid dienone is 2. The summed E-state index contributed by atoms with van der Waals surface area (Å²) >= 11 is 0. The molecule has 0 heterocycles. The maximum Gasteiger partial charge on any atom is 0.157 e. The molecular formula is C11H16N2O. The molecule has 1 aliphatic carbocycles. The quantitative estimate of drug-likeness (QED) is 0.681. The van der Waals surface area contributed by atoms with E-state index in [1.807, 2.05) is 13.8 Å². The molecule has 14 heavy (non-hydrogen) atoms. The Morgan fingerprint density at radius 2 is 2.36 bits per heavy atom. The lowest BCUT2D eigenvalue weighted by atomic mass is 10.2. The average Bonchev–Trinajstić information content (AvgIpc) is 2.60. The van der Waals surface area contributed by atoms with Crippen LogP contribution < -0.4 is 0 Å². The first-order valence-corrected chi connectivity index (χ1v) is 5.05. The van der Waals surface area contributed by atoms with Gasteiger partial charge in [0.2, 0.25) is 0 Å². The van der Waals surface area contributed by atoms with Crippen LogP contribution in [-0.4, -0.2) is 23.8 Å². The largest absolute Gasteiger partial charge is 0.374 e. The Balaban J connectivity index is 2.59. The molecule has 0 fully saturated rings. The highest BCUT2D eigenvalue weighted by Gasteiger charge is 2.18. The van der Waals surface area contributed by atoms with Gasteiger partial charge < -0.3 is 4.90 Å². The highest BCUT2D eigenvalue weighted by atomic mass is 16.1. The van der Waals surface area contributed by atoms with Gasteiger partial charge in [-0.15, -0.1) is 0 Å². The highest BCUT2D eigenvalue weighted by molar-refractivity contribution is 5.92. The average molecular weight is 192 g/mol. The topological polar surface area (TPSA) is 44.1 Å². The molecule has 1 unspecified atom stereocenters. The maximum atomic E-state index is 11.1. The fraction of sp³-hybridized carbons (Fsp3) is 0.636. The summed E-state index contributed by atoms with van der Waals surface area (Å²) in [6, 6.07) is 2.21. The molecule has 0 aromatic carbocycles. The summed E-state index contributed by atoms with van der Waals surface area (Å²) in [5.41, 5.74) is 1.10. The molecule has 3 heteroatoms. The van der Waals surface area contributed by atoms with Crippen molar-refractivity contribution in [2.45, 2.75) is 26.7 Å². The van der Waals surface area contributed by atoms with Crippen molar-refractivity contribution in [1.82, 2.24) is 4.90 Å². The molecule has 0 saturated heterocycles. The minimum Gasteiger partial charge on any atom is -0.374 e. The summed E-state index contributed by atoms with van der Waals surface area (Å²) in [6.45, 7) is 5.55. The molecule has 0 aliphatic heterocycles. The van der Waals surface area contributed by atoms with Gasteiger partial charge in [0.1, 0.15) is 0 Å². The molecule has 1 rings (SSSR count). The summed E-state index contributed by atoms with van der Waals surface area (Å²) in [5.74, 6) is 0.231. The van der Waals surface area contributed by atoms with Crippen molar-refractivity contribution < 1.29 is 4.79 Å². The summed E-state index contributed by atoms with van der Waals surface area (Å²) in [4.78, 5) is 13.2. The first-order valence-electron chi connectivity index (χ1n) is 5.05. The van der Waals surface area contributed by atoms with E-state index in [4.69, 9.17) is 5.26 Å². The highest BCUT2D eigenvalue weighted by Crippen LogP contribution is 2.19. The van der Waals surface area contributed by atoms with E-state index in [1.54, 1.807) is 6.08 Å². The Morgan fingerprint density at radius 1 is 1.64 bits per heavy atom. The maximum absolute atomic E-state index is 11.1. The van der Waals surface area contributed by atoms with Gasteiger partial charge in [0.25, 0.3) is 0 Å². The lowest BCUT2D eigenvalue weighted by Gasteiger charge is -2.24. The molecule has 0 bridgehead atoms. The van der Waals surface area contributed by atoms with Gasteiger partial charge in [-0.2, -0.15) is 5.26 Å². The number of hydrogen-bond donors (Lipinski definition) is 0. The van der Waals surface area contributed by atoms with E-state index in [2.05, 4.69) is 11.0 Å². The third-order valence-corrected chi connectivity index (χ3v) is 2.46. The van der Waals surface area contributed by atoms with Crippen LogP contribution in [0.25, 0.3) is 0 Å². The molecular weight excluding hydrogens is 176 g/mol. The van der Waals surface area contributed by atoms with E-state index in [9.17, 15) is 4.79 Å². The van der Waals surface area contributed by atoms with Gasteiger partial charge in [0.05, 0.1) is 12.0 Å². The first-order chi connectivity index (χ1) is 6.67. The minimum absolute atomic E-state index is 0.0200. The SMILES string of the molecule is CCN(CC(C)C#N)C1=CC(=O)CC1. The van der Waals surface area contributed by atoms with E-state index in [1.165, 1.54) is 0 Å². The van der Waals surface area contributed by atoms with Crippen LogP contribution in [0.1, 0.15) is 26.7 Å². The van der Waals surface area contributed by atoms with Gasteiger partial charge in [0, 0.05) is 31.3 Å². The van der Waals surface area contributed by atoms with Crippen molar-refractivity contribution in [3.63, 3.8) is 0 Å². The third kappa shape index (κ3) is 2.59. The van der Waals surface area contributed by atoms with Crippen molar-refractivity contribution >= 4 is 5.78 Å². The minimum atomic E-state index is 0.0200. The second-order valence-electron chi connectivity index (χ2n) is 3.67. The number of nitriles is 1. The van der Waals surface area contributed by atoms with Crippen LogP contribution in [0.4, 0.5) is 0 Å². The molecule has 0 aromatic heterocycles. The zero-order valence-corrected chi connectivity index (χ0v) is 8.79. The Bertz CT molecular complexity index is 288. The number of ketones is 1. The van der Waals surface area contributed by atoms with Crippen LogP contribution in [0.15, 0.2) is 11.8 Å². The van der Waals surface area contributed by atoms with E-state index in [0.717, 1.165) is 25.2 Å². The normalized spacial score (nSPS) is 17.5. The lowest BCUT2D eigenvalue weighted by molar-refractivity contribution is -0.114. The number of carbonyl (C=O) groups excluding carboxylic acids is 1. The Morgan fingerprint density at radius 3 is 2.79 bits per heavy atom. The molecule has 0 spiro atoms. The van der Waals surface area contributed by atoms with E-state index in [0.29, 0.717) is 6.42 Å². The van der Waals surface area contributed by atoms with Gasteiger partial charge in [-0.3, -0.25) is 4.79 Å². The van der Waals surface area contributed by atoms with E-state index >= 15 is 0 Å². The Kier molecular flexibility index (Phi) is 3.70. The Labute approximate surface area is 85.0 Å². The molecule has 1 aliphatic rings. The fourth-order valence-electron chi connectivity index (χ4n) is 1.65. The predicted octanol–water partition coefficient (Wildman–Crippen LogP) is 1.71. The molecule has 1 atom stereocenters. The molecule has 0 amide bonds. The molecule has 0 saturated carbocycles. The molecule has 0 radical (unpaired) electrons. The zero-order valence-electron chi connectivity index (χ0n) is 8.79. The molecule has 76 valence electrons. The summed E-state index contributed by atoms with van der Waals surface area (Å²) in [5, 5.41) is 8.71. The van der Waals surface area contributed by atoms with Gasteiger partial charge >= 0.3 is 0 Å². The van der Waals surface area contributed by atoms with Crippen molar-refractivity contribution in [3.05, 3.63) is 11.8 Å². The summed E-state index contributed by atoms with van der Waals surface area (Å²) < 4.78 is 0. The smallest absolute Gasteiger partial charge is 0.157 e.